The summed E-state index contributed by atoms with van der Waals surface area (Å²) in [5.74, 6) is -0.169. The highest BCUT2D eigenvalue weighted by Gasteiger charge is 2.06. The zero-order chi connectivity index (χ0) is 14.5. The van der Waals surface area contributed by atoms with E-state index in [1.165, 1.54) is 6.21 Å². The van der Waals surface area contributed by atoms with Crippen LogP contribution in [0.15, 0.2) is 52.0 Å². The Hall–Kier alpha value is -1.41. The summed E-state index contributed by atoms with van der Waals surface area (Å²) in [6.45, 7) is 0. The van der Waals surface area contributed by atoms with Crippen LogP contribution in [0.25, 0.3) is 0 Å². The monoisotopic (exact) mass is 444 g/mol. The Morgan fingerprint density at radius 3 is 2.70 bits per heavy atom. The minimum absolute atomic E-state index is 0.131. The number of hydrogen-bond donors (Lipinski definition) is 2. The molecule has 102 valence electrons. The van der Waals surface area contributed by atoms with E-state index >= 15 is 0 Å². The number of rotatable bonds is 3. The van der Waals surface area contributed by atoms with E-state index in [1.54, 1.807) is 36.4 Å². The summed E-state index contributed by atoms with van der Waals surface area (Å²) in [7, 11) is 0. The fourth-order valence-corrected chi connectivity index (χ4v) is 3.05. The van der Waals surface area contributed by atoms with E-state index in [1.807, 2.05) is 28.7 Å². The zero-order valence-corrected chi connectivity index (χ0v) is 13.9. The van der Waals surface area contributed by atoms with E-state index in [2.05, 4.69) is 26.5 Å². The van der Waals surface area contributed by atoms with Gasteiger partial charge in [-0.15, -0.1) is 0 Å². The molecule has 0 unspecified atom stereocenters. The van der Waals surface area contributed by atoms with E-state index in [0.717, 1.165) is 4.47 Å². The second-order valence-electron chi connectivity index (χ2n) is 3.89. The van der Waals surface area contributed by atoms with Crippen LogP contribution in [0, 0.1) is 3.57 Å². The maximum absolute atomic E-state index is 11.8. The number of phenols is 1. The summed E-state index contributed by atoms with van der Waals surface area (Å²) in [6, 6.07) is 12.3. The number of carbonyl (C=O) groups is 1. The van der Waals surface area contributed by atoms with Crippen LogP contribution in [0.2, 0.25) is 0 Å². The predicted molar refractivity (Wildman–Crippen MR) is 90.0 cm³/mol. The highest BCUT2D eigenvalue weighted by atomic mass is 127. The van der Waals surface area contributed by atoms with Gasteiger partial charge in [0.25, 0.3) is 5.91 Å². The molecule has 0 spiro atoms. The molecule has 0 bridgehead atoms. The van der Waals surface area contributed by atoms with Crippen molar-refractivity contribution in [3.8, 4) is 5.75 Å². The normalized spacial score (nSPS) is 10.7. The van der Waals surface area contributed by atoms with Crippen molar-refractivity contribution in [2.75, 3.05) is 0 Å². The van der Waals surface area contributed by atoms with E-state index in [9.17, 15) is 9.90 Å². The van der Waals surface area contributed by atoms with Gasteiger partial charge in [0.1, 0.15) is 5.75 Å². The van der Waals surface area contributed by atoms with Crippen molar-refractivity contribution < 1.29 is 9.90 Å². The standard InChI is InChI=1S/C14H10BrIN2O2/c15-11-6-10(13(19)12(16)7-11)8-17-18-14(20)9-4-2-1-3-5-9/h1-8,19H,(H,18,20)/b17-8-. The van der Waals surface area contributed by atoms with Gasteiger partial charge in [0, 0.05) is 15.6 Å². The summed E-state index contributed by atoms with van der Waals surface area (Å²) in [4.78, 5) is 11.8. The molecule has 0 heterocycles. The van der Waals surface area contributed by atoms with Crippen LogP contribution in [0.4, 0.5) is 0 Å². The van der Waals surface area contributed by atoms with Crippen molar-refractivity contribution in [3.63, 3.8) is 0 Å². The third kappa shape index (κ3) is 3.80. The molecular formula is C14H10BrIN2O2. The Balaban J connectivity index is 2.10. The van der Waals surface area contributed by atoms with Crippen LogP contribution in [0.5, 0.6) is 5.75 Å². The third-order valence-electron chi connectivity index (χ3n) is 2.46. The van der Waals surface area contributed by atoms with E-state index < -0.39 is 0 Å². The lowest BCUT2D eigenvalue weighted by Crippen LogP contribution is -2.17. The SMILES string of the molecule is O=C(N/N=C\c1cc(Br)cc(I)c1O)c1ccccc1. The van der Waals surface area contributed by atoms with Gasteiger partial charge in [-0.3, -0.25) is 4.79 Å². The summed E-state index contributed by atoms with van der Waals surface area (Å²) in [5.41, 5.74) is 3.47. The fourth-order valence-electron chi connectivity index (χ4n) is 1.50. The van der Waals surface area contributed by atoms with Crippen LogP contribution >= 0.6 is 38.5 Å². The minimum Gasteiger partial charge on any atom is -0.506 e. The molecule has 0 fully saturated rings. The lowest BCUT2D eigenvalue weighted by atomic mass is 10.2. The first-order valence-corrected chi connectivity index (χ1v) is 7.51. The quantitative estimate of drug-likeness (QED) is 0.432. The van der Waals surface area contributed by atoms with Crippen LogP contribution in [-0.4, -0.2) is 17.2 Å². The first kappa shape index (κ1) is 15.0. The van der Waals surface area contributed by atoms with Gasteiger partial charge in [-0.2, -0.15) is 5.10 Å². The van der Waals surface area contributed by atoms with E-state index in [0.29, 0.717) is 14.7 Å². The maximum Gasteiger partial charge on any atom is 0.271 e. The number of phenolic OH excluding ortho intramolecular Hbond substituents is 1. The Bertz CT molecular complexity index is 660. The molecule has 4 nitrogen and oxygen atoms in total. The number of carbonyl (C=O) groups excluding carboxylic acids is 1. The largest absolute Gasteiger partial charge is 0.506 e. The number of aromatic hydroxyl groups is 1. The van der Waals surface area contributed by atoms with Crippen molar-refractivity contribution in [1.29, 1.82) is 0 Å². The average Bonchev–Trinajstić information content (AvgIpc) is 2.44. The van der Waals surface area contributed by atoms with Crippen molar-refractivity contribution in [1.82, 2.24) is 5.43 Å². The molecule has 0 atom stereocenters. The molecular weight excluding hydrogens is 435 g/mol. The lowest BCUT2D eigenvalue weighted by molar-refractivity contribution is 0.0955. The van der Waals surface area contributed by atoms with Gasteiger partial charge in [-0.25, -0.2) is 5.43 Å². The van der Waals surface area contributed by atoms with Gasteiger partial charge in [0.05, 0.1) is 9.78 Å². The molecule has 0 saturated heterocycles. The van der Waals surface area contributed by atoms with Gasteiger partial charge >= 0.3 is 0 Å². The summed E-state index contributed by atoms with van der Waals surface area (Å²) in [5, 5.41) is 13.7. The van der Waals surface area contributed by atoms with Crippen molar-refractivity contribution >= 4 is 50.6 Å². The summed E-state index contributed by atoms with van der Waals surface area (Å²) >= 11 is 5.36. The first-order chi connectivity index (χ1) is 9.58. The van der Waals surface area contributed by atoms with Crippen molar-refractivity contribution in [2.24, 2.45) is 5.10 Å². The first-order valence-electron chi connectivity index (χ1n) is 5.64. The van der Waals surface area contributed by atoms with E-state index in [4.69, 9.17) is 0 Å². The molecule has 2 aromatic carbocycles. The topological polar surface area (TPSA) is 61.7 Å². The molecule has 0 aliphatic carbocycles. The molecule has 6 heteroatoms. The number of hydrogen-bond acceptors (Lipinski definition) is 3. The van der Waals surface area contributed by atoms with Crippen LogP contribution in [0.3, 0.4) is 0 Å². The smallest absolute Gasteiger partial charge is 0.271 e. The van der Waals surface area contributed by atoms with Gasteiger partial charge in [-0.1, -0.05) is 34.1 Å². The third-order valence-corrected chi connectivity index (χ3v) is 3.74. The van der Waals surface area contributed by atoms with Crippen molar-refractivity contribution in [2.45, 2.75) is 0 Å². The average molecular weight is 445 g/mol. The number of hydrazone groups is 1. The Morgan fingerprint density at radius 2 is 2.00 bits per heavy atom. The van der Waals surface area contributed by atoms with Crippen LogP contribution < -0.4 is 5.43 Å². The van der Waals surface area contributed by atoms with Gasteiger partial charge in [0.15, 0.2) is 0 Å². The molecule has 0 aliphatic rings. The number of amides is 1. The molecule has 0 aromatic heterocycles. The second kappa shape index (κ2) is 6.85. The van der Waals surface area contributed by atoms with Gasteiger partial charge < -0.3 is 5.11 Å². The van der Waals surface area contributed by atoms with Crippen molar-refractivity contribution in [3.05, 3.63) is 61.6 Å². The molecule has 20 heavy (non-hydrogen) atoms. The van der Waals surface area contributed by atoms with Crippen LogP contribution in [-0.2, 0) is 0 Å². The number of benzene rings is 2. The molecule has 0 aliphatic heterocycles. The highest BCUT2D eigenvalue weighted by molar-refractivity contribution is 14.1. The maximum atomic E-state index is 11.8. The molecule has 1 amide bonds. The fraction of sp³-hybridized carbons (Fsp3) is 0. The molecule has 2 aromatic rings. The summed E-state index contributed by atoms with van der Waals surface area (Å²) in [6.07, 6.45) is 1.41. The molecule has 2 rings (SSSR count). The lowest BCUT2D eigenvalue weighted by Gasteiger charge is -2.03. The number of nitrogens with one attached hydrogen (secondary N) is 1. The number of nitrogens with zero attached hydrogens (tertiary/aromatic N) is 1. The van der Waals surface area contributed by atoms with Gasteiger partial charge in [0.2, 0.25) is 0 Å². The Kier molecular flexibility index (Phi) is 5.13. The van der Waals surface area contributed by atoms with Crippen LogP contribution in [0.1, 0.15) is 15.9 Å². The Labute approximate surface area is 138 Å². The Morgan fingerprint density at radius 1 is 1.30 bits per heavy atom. The molecule has 0 saturated carbocycles. The second-order valence-corrected chi connectivity index (χ2v) is 5.97. The molecule has 2 N–H and O–H groups in total. The van der Waals surface area contributed by atoms with Gasteiger partial charge in [-0.05, 0) is 46.9 Å². The minimum atomic E-state index is -0.300. The predicted octanol–water partition coefficient (Wildman–Crippen LogP) is 3.52. The number of halogens is 2. The van der Waals surface area contributed by atoms with E-state index in [-0.39, 0.29) is 11.7 Å². The molecule has 0 radical (unpaired) electrons. The zero-order valence-electron chi connectivity index (χ0n) is 10.2. The summed E-state index contributed by atoms with van der Waals surface area (Å²) < 4.78 is 1.53. The highest BCUT2D eigenvalue weighted by Crippen LogP contribution is 2.27.